The number of anilines is 1. The van der Waals surface area contributed by atoms with Gasteiger partial charge in [0.25, 0.3) is 0 Å². The minimum atomic E-state index is -0.0185. The molecule has 0 bridgehead atoms. The van der Waals surface area contributed by atoms with Crippen LogP contribution in [0.3, 0.4) is 0 Å². The number of benzene rings is 2. The number of hydrogen-bond donors (Lipinski definition) is 1. The number of nitrogens with two attached hydrogens (primary N) is 1. The lowest BCUT2D eigenvalue weighted by Gasteiger charge is -2.23. The Morgan fingerprint density at radius 2 is 1.76 bits per heavy atom. The van der Waals surface area contributed by atoms with Crippen molar-refractivity contribution in [2.45, 2.75) is 32.6 Å². The summed E-state index contributed by atoms with van der Waals surface area (Å²) < 4.78 is 0.764. The smallest absolute Gasteiger partial charge is 0.194 e. The van der Waals surface area contributed by atoms with Crippen LogP contribution < -0.4 is 5.73 Å². The third-order valence-electron chi connectivity index (χ3n) is 4.05. The molecule has 0 aliphatic rings. The van der Waals surface area contributed by atoms with Crippen LogP contribution in [0.1, 0.15) is 48.7 Å². The molecule has 0 aromatic heterocycles. The van der Waals surface area contributed by atoms with E-state index in [1.165, 1.54) is 5.56 Å². The summed E-state index contributed by atoms with van der Waals surface area (Å²) in [5.41, 5.74) is 9.00. The SMILES string of the molecule is CCC(C)(C)c1ccc(C(=O)c2cc(N)ccc2Br)cc1. The molecule has 110 valence electrons. The van der Waals surface area contributed by atoms with Gasteiger partial charge in [-0.2, -0.15) is 0 Å². The lowest BCUT2D eigenvalue weighted by Crippen LogP contribution is -2.15. The zero-order valence-electron chi connectivity index (χ0n) is 12.6. The molecule has 0 saturated carbocycles. The van der Waals surface area contributed by atoms with Crippen LogP contribution in [-0.4, -0.2) is 5.78 Å². The van der Waals surface area contributed by atoms with E-state index in [1.807, 2.05) is 24.3 Å². The molecular formula is C18H20BrNO. The lowest BCUT2D eigenvalue weighted by molar-refractivity contribution is 0.103. The molecule has 2 aromatic rings. The van der Waals surface area contributed by atoms with Crippen molar-refractivity contribution in [1.29, 1.82) is 0 Å². The Balaban J connectivity index is 2.35. The van der Waals surface area contributed by atoms with E-state index in [0.717, 1.165) is 10.9 Å². The summed E-state index contributed by atoms with van der Waals surface area (Å²) in [6.07, 6.45) is 1.06. The van der Waals surface area contributed by atoms with Crippen molar-refractivity contribution in [2.24, 2.45) is 0 Å². The Kier molecular flexibility index (Phi) is 4.52. The molecule has 2 aromatic carbocycles. The summed E-state index contributed by atoms with van der Waals surface area (Å²) in [5, 5.41) is 0. The highest BCUT2D eigenvalue weighted by atomic mass is 79.9. The number of nitrogen functional groups attached to an aromatic ring is 1. The molecule has 2 rings (SSSR count). The van der Waals surface area contributed by atoms with Gasteiger partial charge in [0.2, 0.25) is 0 Å². The van der Waals surface area contributed by atoms with Crippen LogP contribution in [-0.2, 0) is 5.41 Å². The van der Waals surface area contributed by atoms with Crippen LogP contribution in [0.4, 0.5) is 5.69 Å². The van der Waals surface area contributed by atoms with Crippen molar-refractivity contribution in [3.63, 3.8) is 0 Å². The Labute approximate surface area is 134 Å². The first-order valence-corrected chi connectivity index (χ1v) is 7.84. The largest absolute Gasteiger partial charge is 0.399 e. The summed E-state index contributed by atoms with van der Waals surface area (Å²) in [6.45, 7) is 6.58. The standard InChI is InChI=1S/C18H20BrNO/c1-4-18(2,3)13-7-5-12(6-8-13)17(21)15-11-14(20)9-10-16(15)19/h5-11H,4,20H2,1-3H3. The fraction of sp³-hybridized carbons (Fsp3) is 0.278. The molecular weight excluding hydrogens is 326 g/mol. The summed E-state index contributed by atoms with van der Waals surface area (Å²) in [7, 11) is 0. The monoisotopic (exact) mass is 345 g/mol. The third kappa shape index (κ3) is 3.35. The van der Waals surface area contributed by atoms with Gasteiger partial charge >= 0.3 is 0 Å². The molecule has 0 unspecified atom stereocenters. The Hall–Kier alpha value is -1.61. The van der Waals surface area contributed by atoms with Crippen LogP contribution >= 0.6 is 15.9 Å². The van der Waals surface area contributed by atoms with E-state index in [4.69, 9.17) is 5.73 Å². The van der Waals surface area contributed by atoms with Gasteiger partial charge in [0.1, 0.15) is 0 Å². The van der Waals surface area contributed by atoms with Gasteiger partial charge in [-0.1, -0.05) is 61.0 Å². The third-order valence-corrected chi connectivity index (χ3v) is 4.74. The van der Waals surface area contributed by atoms with E-state index in [2.05, 4.69) is 36.7 Å². The number of halogens is 1. The second kappa shape index (κ2) is 6.02. The normalized spacial score (nSPS) is 11.4. The molecule has 0 fully saturated rings. The minimum absolute atomic E-state index is 0.0185. The number of ketones is 1. The predicted octanol–water partition coefficient (Wildman–Crippen LogP) is 4.95. The fourth-order valence-corrected chi connectivity index (χ4v) is 2.58. The Morgan fingerprint density at radius 3 is 2.33 bits per heavy atom. The first-order valence-electron chi connectivity index (χ1n) is 7.05. The number of rotatable bonds is 4. The highest BCUT2D eigenvalue weighted by molar-refractivity contribution is 9.10. The van der Waals surface area contributed by atoms with Gasteiger partial charge in [-0.3, -0.25) is 4.79 Å². The van der Waals surface area contributed by atoms with Crippen LogP contribution in [0.15, 0.2) is 46.9 Å². The molecule has 0 aliphatic heterocycles. The summed E-state index contributed by atoms with van der Waals surface area (Å²) in [5.74, 6) is -0.0185. The lowest BCUT2D eigenvalue weighted by atomic mass is 9.82. The van der Waals surface area contributed by atoms with Gasteiger partial charge in [0.05, 0.1) is 0 Å². The summed E-state index contributed by atoms with van der Waals surface area (Å²) in [6, 6.07) is 13.1. The second-order valence-corrected chi connectivity index (χ2v) is 6.74. The highest BCUT2D eigenvalue weighted by Crippen LogP contribution is 2.28. The van der Waals surface area contributed by atoms with Crippen molar-refractivity contribution in [3.8, 4) is 0 Å². The van der Waals surface area contributed by atoms with Gasteiger partial charge in [0, 0.05) is 21.3 Å². The zero-order valence-corrected chi connectivity index (χ0v) is 14.2. The van der Waals surface area contributed by atoms with E-state index in [-0.39, 0.29) is 11.2 Å². The van der Waals surface area contributed by atoms with Gasteiger partial charge < -0.3 is 5.73 Å². The van der Waals surface area contributed by atoms with Crippen LogP contribution in [0.25, 0.3) is 0 Å². The molecule has 0 heterocycles. The molecule has 3 heteroatoms. The van der Waals surface area contributed by atoms with Gasteiger partial charge in [-0.05, 0) is 35.6 Å². The van der Waals surface area contributed by atoms with Crippen LogP contribution in [0, 0.1) is 0 Å². The molecule has 0 spiro atoms. The predicted molar refractivity (Wildman–Crippen MR) is 91.7 cm³/mol. The van der Waals surface area contributed by atoms with E-state index in [0.29, 0.717) is 16.8 Å². The Bertz CT molecular complexity index is 659. The molecule has 0 atom stereocenters. The van der Waals surface area contributed by atoms with Crippen molar-refractivity contribution < 1.29 is 4.79 Å². The maximum Gasteiger partial charge on any atom is 0.194 e. The topological polar surface area (TPSA) is 43.1 Å². The van der Waals surface area contributed by atoms with Crippen LogP contribution in [0.5, 0.6) is 0 Å². The second-order valence-electron chi connectivity index (χ2n) is 5.88. The van der Waals surface area contributed by atoms with Crippen molar-refractivity contribution in [2.75, 3.05) is 5.73 Å². The van der Waals surface area contributed by atoms with E-state index in [9.17, 15) is 4.79 Å². The van der Waals surface area contributed by atoms with Gasteiger partial charge in [-0.15, -0.1) is 0 Å². The molecule has 0 aliphatic carbocycles. The fourth-order valence-electron chi connectivity index (χ4n) is 2.15. The summed E-state index contributed by atoms with van der Waals surface area (Å²) >= 11 is 3.41. The average Bonchev–Trinajstić information content (AvgIpc) is 2.49. The quantitative estimate of drug-likeness (QED) is 0.629. The minimum Gasteiger partial charge on any atom is -0.399 e. The maximum absolute atomic E-state index is 12.6. The first kappa shape index (κ1) is 15.8. The molecule has 2 nitrogen and oxygen atoms in total. The van der Waals surface area contributed by atoms with Crippen molar-refractivity contribution >= 4 is 27.4 Å². The average molecular weight is 346 g/mol. The molecule has 0 amide bonds. The van der Waals surface area contributed by atoms with E-state index in [1.54, 1.807) is 18.2 Å². The van der Waals surface area contributed by atoms with E-state index >= 15 is 0 Å². The van der Waals surface area contributed by atoms with E-state index < -0.39 is 0 Å². The molecule has 2 N–H and O–H groups in total. The number of carbonyl (C=O) groups excluding carboxylic acids is 1. The zero-order chi connectivity index (χ0) is 15.6. The van der Waals surface area contributed by atoms with Crippen molar-refractivity contribution in [3.05, 3.63) is 63.6 Å². The van der Waals surface area contributed by atoms with Crippen LogP contribution in [0.2, 0.25) is 0 Å². The molecule has 21 heavy (non-hydrogen) atoms. The van der Waals surface area contributed by atoms with Gasteiger partial charge in [-0.25, -0.2) is 0 Å². The number of carbonyl (C=O) groups is 1. The molecule has 0 radical (unpaired) electrons. The maximum atomic E-state index is 12.6. The number of hydrogen-bond acceptors (Lipinski definition) is 2. The van der Waals surface area contributed by atoms with Crippen molar-refractivity contribution in [1.82, 2.24) is 0 Å². The van der Waals surface area contributed by atoms with Gasteiger partial charge in [0.15, 0.2) is 5.78 Å². The highest BCUT2D eigenvalue weighted by Gasteiger charge is 2.19. The molecule has 0 saturated heterocycles. The first-order chi connectivity index (χ1) is 9.85. The summed E-state index contributed by atoms with van der Waals surface area (Å²) in [4.78, 5) is 12.6. The Morgan fingerprint density at radius 1 is 1.14 bits per heavy atom.